The first kappa shape index (κ1) is 8.56. The molecule has 1 aromatic carbocycles. The number of para-hydroxylation sites is 1. The van der Waals surface area contributed by atoms with Crippen molar-refractivity contribution in [2.24, 2.45) is 5.73 Å². The number of aliphatic hydroxyl groups is 1. The molecule has 1 heterocycles. The van der Waals surface area contributed by atoms with Gasteiger partial charge in [-0.1, -0.05) is 29.8 Å². The fraction of sp³-hybridized carbons (Fsp3) is 0.111. The number of nitrogens with two attached hydrogens (primary N) is 1. The van der Waals surface area contributed by atoms with E-state index in [2.05, 4.69) is 4.98 Å². The fourth-order valence-electron chi connectivity index (χ4n) is 1.36. The van der Waals surface area contributed by atoms with Crippen molar-refractivity contribution in [3.05, 3.63) is 36.0 Å². The summed E-state index contributed by atoms with van der Waals surface area (Å²) in [6, 6.07) is 7.50. The Morgan fingerprint density at radius 1 is 1.38 bits per heavy atom. The van der Waals surface area contributed by atoms with E-state index in [-0.39, 0.29) is 0 Å². The second-order valence-corrected chi connectivity index (χ2v) is 3.50. The molecular weight excluding hydrogens is 188 g/mol. The maximum Gasteiger partial charge on any atom is 0.220 e. The van der Waals surface area contributed by atoms with E-state index in [9.17, 15) is 5.11 Å². The van der Waals surface area contributed by atoms with Crippen LogP contribution < -0.4 is 5.73 Å². The lowest BCUT2D eigenvalue weighted by Gasteiger charge is -2.12. The van der Waals surface area contributed by atoms with Crippen molar-refractivity contribution >= 4 is 22.5 Å². The molecule has 0 aliphatic rings. The number of fused-ring (bicyclic) bond motifs is 1. The van der Waals surface area contributed by atoms with Gasteiger partial charge in [-0.05, 0) is 6.07 Å². The van der Waals surface area contributed by atoms with Crippen LogP contribution in [0.15, 0.2) is 30.5 Å². The number of H-pyrrole nitrogens is 1. The van der Waals surface area contributed by atoms with Crippen molar-refractivity contribution in [2.45, 2.75) is 5.18 Å². The lowest BCUT2D eigenvalue weighted by Crippen LogP contribution is -2.28. The molecule has 68 valence electrons. The average molecular weight is 197 g/mol. The van der Waals surface area contributed by atoms with E-state index in [0.29, 0.717) is 5.56 Å². The molecule has 0 aliphatic carbocycles. The smallest absolute Gasteiger partial charge is 0.220 e. The minimum atomic E-state index is -1.81. The molecule has 0 amide bonds. The largest absolute Gasteiger partial charge is 0.361 e. The zero-order valence-corrected chi connectivity index (χ0v) is 7.55. The predicted octanol–water partition coefficient (Wildman–Crippen LogP) is 1.47. The van der Waals surface area contributed by atoms with Crippen molar-refractivity contribution < 1.29 is 5.11 Å². The summed E-state index contributed by atoms with van der Waals surface area (Å²) < 4.78 is 0. The van der Waals surface area contributed by atoms with Gasteiger partial charge in [0.2, 0.25) is 5.18 Å². The first-order valence-corrected chi connectivity index (χ1v) is 4.23. The Balaban J connectivity index is 2.72. The third kappa shape index (κ3) is 1.42. The van der Waals surface area contributed by atoms with E-state index in [1.165, 1.54) is 0 Å². The van der Waals surface area contributed by atoms with Gasteiger partial charge in [-0.3, -0.25) is 5.73 Å². The molecule has 0 fully saturated rings. The molecule has 1 atom stereocenters. The quantitative estimate of drug-likeness (QED) is 0.368. The molecule has 0 aliphatic heterocycles. The van der Waals surface area contributed by atoms with Crippen LogP contribution in [0.25, 0.3) is 10.9 Å². The molecule has 1 unspecified atom stereocenters. The first-order valence-electron chi connectivity index (χ1n) is 3.86. The van der Waals surface area contributed by atoms with Crippen LogP contribution in [0.4, 0.5) is 0 Å². The van der Waals surface area contributed by atoms with Crippen molar-refractivity contribution in [3.63, 3.8) is 0 Å². The van der Waals surface area contributed by atoms with Gasteiger partial charge in [-0.25, -0.2) is 0 Å². The van der Waals surface area contributed by atoms with Gasteiger partial charge in [0.1, 0.15) is 0 Å². The second-order valence-electron chi connectivity index (χ2n) is 2.92. The molecule has 0 radical (unpaired) electrons. The topological polar surface area (TPSA) is 62.0 Å². The number of hydrogen-bond acceptors (Lipinski definition) is 2. The van der Waals surface area contributed by atoms with Gasteiger partial charge in [0.15, 0.2) is 0 Å². The summed E-state index contributed by atoms with van der Waals surface area (Å²) in [5.41, 5.74) is 6.76. The number of halogens is 1. The highest BCUT2D eigenvalue weighted by molar-refractivity contribution is 6.23. The van der Waals surface area contributed by atoms with Gasteiger partial charge in [0.05, 0.1) is 0 Å². The summed E-state index contributed by atoms with van der Waals surface area (Å²) in [5, 5.41) is 8.43. The molecule has 3 nitrogen and oxygen atoms in total. The molecule has 0 spiro atoms. The Kier molecular flexibility index (Phi) is 1.80. The van der Waals surface area contributed by atoms with Crippen LogP contribution in [-0.4, -0.2) is 10.1 Å². The van der Waals surface area contributed by atoms with Crippen molar-refractivity contribution in [1.82, 2.24) is 4.98 Å². The van der Waals surface area contributed by atoms with Crippen molar-refractivity contribution in [2.75, 3.05) is 0 Å². The van der Waals surface area contributed by atoms with E-state index in [1.807, 2.05) is 24.3 Å². The van der Waals surface area contributed by atoms with Crippen LogP contribution in [-0.2, 0) is 5.18 Å². The number of alkyl halides is 1. The maximum absolute atomic E-state index is 9.40. The summed E-state index contributed by atoms with van der Waals surface area (Å²) in [4.78, 5) is 2.97. The van der Waals surface area contributed by atoms with E-state index in [4.69, 9.17) is 17.3 Å². The highest BCUT2D eigenvalue weighted by Crippen LogP contribution is 2.27. The molecule has 4 heteroatoms. The van der Waals surface area contributed by atoms with E-state index in [1.54, 1.807) is 6.20 Å². The summed E-state index contributed by atoms with van der Waals surface area (Å²) in [6.07, 6.45) is 1.61. The predicted molar refractivity (Wildman–Crippen MR) is 52.2 cm³/mol. The summed E-state index contributed by atoms with van der Waals surface area (Å²) in [5.74, 6) is 0. The fourth-order valence-corrected chi connectivity index (χ4v) is 1.52. The normalized spacial score (nSPS) is 15.9. The lowest BCUT2D eigenvalue weighted by molar-refractivity contribution is 0.138. The van der Waals surface area contributed by atoms with Crippen LogP contribution >= 0.6 is 11.6 Å². The van der Waals surface area contributed by atoms with Crippen molar-refractivity contribution in [3.8, 4) is 0 Å². The second kappa shape index (κ2) is 2.73. The SMILES string of the molecule is NC(O)(Cl)c1c[nH]c2ccccc12. The number of benzene rings is 1. The number of aromatic nitrogens is 1. The van der Waals surface area contributed by atoms with Gasteiger partial charge in [-0.15, -0.1) is 0 Å². The van der Waals surface area contributed by atoms with Gasteiger partial charge >= 0.3 is 0 Å². The summed E-state index contributed by atoms with van der Waals surface area (Å²) >= 11 is 5.59. The van der Waals surface area contributed by atoms with Crippen LogP contribution in [0.1, 0.15) is 5.56 Å². The molecule has 1 aromatic heterocycles. The molecule has 2 aromatic rings. The number of hydrogen-bond donors (Lipinski definition) is 3. The van der Waals surface area contributed by atoms with Crippen LogP contribution in [0.2, 0.25) is 0 Å². The van der Waals surface area contributed by atoms with E-state index < -0.39 is 5.18 Å². The van der Waals surface area contributed by atoms with Crippen LogP contribution in [0.5, 0.6) is 0 Å². The van der Waals surface area contributed by atoms with Gasteiger partial charge in [0, 0.05) is 22.7 Å². The van der Waals surface area contributed by atoms with Crippen molar-refractivity contribution in [1.29, 1.82) is 0 Å². The standard InChI is InChI=1S/C9H9ClN2O/c10-9(11,13)7-5-12-8-4-2-1-3-6(7)8/h1-5,12-13H,11H2. The third-order valence-corrected chi connectivity index (χ3v) is 2.17. The zero-order chi connectivity index (χ0) is 9.47. The molecular formula is C9H9ClN2O. The highest BCUT2D eigenvalue weighted by Gasteiger charge is 2.23. The monoisotopic (exact) mass is 196 g/mol. The molecule has 0 saturated heterocycles. The Morgan fingerprint density at radius 2 is 2.08 bits per heavy atom. The Bertz CT molecular complexity index is 430. The summed E-state index contributed by atoms with van der Waals surface area (Å²) in [7, 11) is 0. The Labute approximate surface area is 80.1 Å². The first-order chi connectivity index (χ1) is 6.09. The van der Waals surface area contributed by atoms with Gasteiger partial charge < -0.3 is 10.1 Å². The van der Waals surface area contributed by atoms with Crippen LogP contribution in [0.3, 0.4) is 0 Å². The highest BCUT2D eigenvalue weighted by atomic mass is 35.5. The minimum Gasteiger partial charge on any atom is -0.361 e. The van der Waals surface area contributed by atoms with Gasteiger partial charge in [0.25, 0.3) is 0 Å². The minimum absolute atomic E-state index is 0.491. The summed E-state index contributed by atoms with van der Waals surface area (Å²) in [6.45, 7) is 0. The van der Waals surface area contributed by atoms with Crippen LogP contribution in [0, 0.1) is 0 Å². The zero-order valence-electron chi connectivity index (χ0n) is 6.79. The molecule has 0 bridgehead atoms. The Morgan fingerprint density at radius 3 is 2.77 bits per heavy atom. The number of rotatable bonds is 1. The molecule has 4 N–H and O–H groups in total. The number of aromatic amines is 1. The molecule has 0 saturated carbocycles. The molecule has 13 heavy (non-hydrogen) atoms. The van der Waals surface area contributed by atoms with E-state index in [0.717, 1.165) is 10.9 Å². The average Bonchev–Trinajstić information content (AvgIpc) is 2.45. The number of nitrogens with one attached hydrogen (secondary N) is 1. The Hall–Kier alpha value is -1.03. The van der Waals surface area contributed by atoms with E-state index >= 15 is 0 Å². The maximum atomic E-state index is 9.40. The lowest BCUT2D eigenvalue weighted by atomic mass is 10.1. The third-order valence-electron chi connectivity index (χ3n) is 1.97. The molecule has 2 rings (SSSR count). The van der Waals surface area contributed by atoms with Gasteiger partial charge in [-0.2, -0.15) is 0 Å².